The number of nitrogens with one attached hydrogen (secondary N) is 3. The van der Waals surface area contributed by atoms with Gasteiger partial charge in [0.15, 0.2) is 11.6 Å². The minimum atomic E-state index is -0.480. The van der Waals surface area contributed by atoms with E-state index in [1.165, 1.54) is 20.8 Å². The van der Waals surface area contributed by atoms with Gasteiger partial charge in [-0.1, -0.05) is 83.1 Å². The fraction of sp³-hybridized carbons (Fsp3) is 0.774. The third-order valence-corrected chi connectivity index (χ3v) is 5.30. The summed E-state index contributed by atoms with van der Waals surface area (Å²) < 4.78 is 0. The van der Waals surface area contributed by atoms with E-state index in [9.17, 15) is 33.6 Å². The number of imide groups is 1. The summed E-state index contributed by atoms with van der Waals surface area (Å²) in [6.07, 6.45) is 0. The fourth-order valence-corrected chi connectivity index (χ4v) is 1.38. The minimum Gasteiger partial charge on any atom is -0.346 e. The van der Waals surface area contributed by atoms with Crippen LogP contribution in [0.4, 0.5) is 0 Å². The second-order valence-electron chi connectivity index (χ2n) is 14.2. The lowest BCUT2D eigenvalue weighted by atomic mass is 9.92. The Morgan fingerprint density at radius 1 is 0.439 bits per heavy atom. The van der Waals surface area contributed by atoms with Crippen LogP contribution >= 0.6 is 0 Å². The molecule has 4 amide bonds. The molecule has 0 aliphatic heterocycles. The molecule has 0 aromatic carbocycles. The number of hydrogen-bond donors (Lipinski definition) is 3. The maximum absolute atomic E-state index is 11.3. The molecule has 0 aromatic heterocycles. The summed E-state index contributed by atoms with van der Waals surface area (Å²) in [5, 5.41) is 7.47. The van der Waals surface area contributed by atoms with Crippen molar-refractivity contribution in [2.45, 2.75) is 137 Å². The van der Waals surface area contributed by atoms with Crippen molar-refractivity contribution in [2.24, 2.45) is 21.7 Å². The Kier molecular flexibility index (Phi) is 20.4. The lowest BCUT2D eigenvalue weighted by molar-refractivity contribution is -0.134. The van der Waals surface area contributed by atoms with Gasteiger partial charge in [-0.25, -0.2) is 0 Å². The van der Waals surface area contributed by atoms with Crippen LogP contribution < -0.4 is 16.0 Å². The molecular weight excluding hydrogens is 526 g/mol. The van der Waals surface area contributed by atoms with Gasteiger partial charge in [0.05, 0.1) is 12.1 Å². The molecule has 2 atom stereocenters. The molecule has 0 aromatic rings. The Morgan fingerprint density at radius 3 is 0.756 bits per heavy atom. The molecule has 0 radical (unpaired) electrons. The van der Waals surface area contributed by atoms with Crippen LogP contribution in [0, 0.1) is 21.7 Å². The molecule has 0 spiro atoms. The lowest BCUT2D eigenvalue weighted by Gasteiger charge is -2.20. The fourth-order valence-electron chi connectivity index (χ4n) is 1.38. The molecule has 0 rings (SSSR count). The van der Waals surface area contributed by atoms with Crippen LogP contribution in [-0.2, 0) is 33.6 Å². The Hall–Kier alpha value is -2.91. The van der Waals surface area contributed by atoms with Gasteiger partial charge in [-0.15, -0.1) is 0 Å². The topological polar surface area (TPSA) is 156 Å². The van der Waals surface area contributed by atoms with Crippen molar-refractivity contribution < 1.29 is 33.6 Å². The first-order valence-corrected chi connectivity index (χ1v) is 13.7. The summed E-state index contributed by atoms with van der Waals surface area (Å²) in [7, 11) is 0. The first-order valence-electron chi connectivity index (χ1n) is 13.7. The van der Waals surface area contributed by atoms with Crippen molar-refractivity contribution in [2.75, 3.05) is 0 Å². The highest BCUT2D eigenvalue weighted by atomic mass is 16.2. The first kappa shape index (κ1) is 45.1. The van der Waals surface area contributed by atoms with Crippen LogP contribution in [0.3, 0.4) is 0 Å². The van der Waals surface area contributed by atoms with Crippen molar-refractivity contribution in [3.05, 3.63) is 0 Å². The Morgan fingerprint density at radius 2 is 0.659 bits per heavy atom. The zero-order valence-corrected chi connectivity index (χ0v) is 29.0. The number of amides is 4. The molecule has 3 N–H and O–H groups in total. The predicted octanol–water partition coefficient (Wildman–Crippen LogP) is 4.57. The molecule has 10 heteroatoms. The van der Waals surface area contributed by atoms with Crippen LogP contribution in [0.1, 0.15) is 125 Å². The van der Waals surface area contributed by atoms with E-state index < -0.39 is 16.2 Å². The Bertz CT molecular complexity index is 866. The van der Waals surface area contributed by atoms with E-state index in [0.717, 1.165) is 0 Å². The van der Waals surface area contributed by atoms with Gasteiger partial charge in [0, 0.05) is 28.6 Å². The van der Waals surface area contributed by atoms with E-state index in [1.807, 2.05) is 62.3 Å². The number of rotatable bonds is 4. The highest BCUT2D eigenvalue weighted by Gasteiger charge is 2.24. The van der Waals surface area contributed by atoms with Gasteiger partial charge in [-0.05, 0) is 34.6 Å². The van der Waals surface area contributed by atoms with Crippen LogP contribution in [0.25, 0.3) is 0 Å². The second-order valence-corrected chi connectivity index (χ2v) is 14.2. The number of Topliss-reactive ketones (excluding diaryl/α,β-unsaturated/α-hetero) is 3. The summed E-state index contributed by atoms with van der Waals surface area (Å²) in [6.45, 7) is 31.1. The van der Waals surface area contributed by atoms with Crippen LogP contribution in [0.15, 0.2) is 0 Å². The summed E-state index contributed by atoms with van der Waals surface area (Å²) >= 11 is 0. The summed E-state index contributed by atoms with van der Waals surface area (Å²) in [6, 6.07) is -0.756. The van der Waals surface area contributed by atoms with E-state index in [1.54, 1.807) is 41.5 Å². The molecule has 0 saturated carbocycles. The molecule has 0 unspecified atom stereocenters. The van der Waals surface area contributed by atoms with Gasteiger partial charge in [0.25, 0.3) is 0 Å². The van der Waals surface area contributed by atoms with E-state index in [4.69, 9.17) is 0 Å². The van der Waals surface area contributed by atoms with Gasteiger partial charge >= 0.3 is 0 Å². The normalized spacial score (nSPS) is 12.6. The molecule has 240 valence electrons. The zero-order valence-electron chi connectivity index (χ0n) is 29.0. The van der Waals surface area contributed by atoms with Crippen molar-refractivity contribution in [1.82, 2.24) is 16.0 Å². The summed E-state index contributed by atoms with van der Waals surface area (Å²) in [5.74, 6) is -0.525. The maximum Gasteiger partial charge on any atom is 0.231 e. The maximum atomic E-state index is 11.3. The van der Waals surface area contributed by atoms with E-state index in [2.05, 4.69) is 16.0 Å². The Balaban J connectivity index is -0.000000227. The average Bonchev–Trinajstić information content (AvgIpc) is 2.71. The molecule has 0 saturated heterocycles. The first-order chi connectivity index (χ1) is 17.8. The SMILES string of the molecule is CC(=O)C(C)(C)C.CC(=O)NC(=O)C(C)(C)C.CC(=O)[C@@H](C)NC(=O)C(C)(C)C.CC(=O)[C@H](C)NC(=O)C(C)(C)C. The van der Waals surface area contributed by atoms with Crippen molar-refractivity contribution in [3.8, 4) is 0 Å². The smallest absolute Gasteiger partial charge is 0.231 e. The highest BCUT2D eigenvalue weighted by molar-refractivity contribution is 5.96. The molecule has 0 aliphatic carbocycles. The quantitative estimate of drug-likeness (QED) is 0.436. The predicted molar refractivity (Wildman–Crippen MR) is 164 cm³/mol. The molecule has 0 fully saturated rings. The van der Waals surface area contributed by atoms with Gasteiger partial charge < -0.3 is 10.6 Å². The number of ketones is 3. The third-order valence-electron chi connectivity index (χ3n) is 5.30. The highest BCUT2D eigenvalue weighted by Crippen LogP contribution is 2.14. The molecule has 0 heterocycles. The van der Waals surface area contributed by atoms with Crippen LogP contribution in [0.5, 0.6) is 0 Å². The molecule has 10 nitrogen and oxygen atoms in total. The molecule has 0 aliphatic rings. The van der Waals surface area contributed by atoms with Crippen molar-refractivity contribution in [1.29, 1.82) is 0 Å². The van der Waals surface area contributed by atoms with E-state index in [-0.39, 0.29) is 58.5 Å². The van der Waals surface area contributed by atoms with E-state index >= 15 is 0 Å². The summed E-state index contributed by atoms with van der Waals surface area (Å²) in [5.41, 5.74) is -1.47. The van der Waals surface area contributed by atoms with Gasteiger partial charge in [0.1, 0.15) is 5.78 Å². The van der Waals surface area contributed by atoms with Gasteiger partial charge in [0.2, 0.25) is 23.6 Å². The van der Waals surface area contributed by atoms with Crippen molar-refractivity contribution >= 4 is 41.0 Å². The number of carbonyl (C=O) groups is 7. The molecule has 0 bridgehead atoms. The van der Waals surface area contributed by atoms with Gasteiger partial charge in [-0.3, -0.25) is 38.9 Å². The largest absolute Gasteiger partial charge is 0.346 e. The molecular formula is C31H59N3O7. The number of carbonyl (C=O) groups excluding carboxylic acids is 7. The second kappa shape index (κ2) is 18.5. The van der Waals surface area contributed by atoms with Crippen LogP contribution in [0.2, 0.25) is 0 Å². The number of hydrogen-bond acceptors (Lipinski definition) is 7. The third kappa shape index (κ3) is 27.0. The van der Waals surface area contributed by atoms with Gasteiger partial charge in [-0.2, -0.15) is 0 Å². The van der Waals surface area contributed by atoms with E-state index in [0.29, 0.717) is 0 Å². The Labute approximate surface area is 248 Å². The summed E-state index contributed by atoms with van der Waals surface area (Å²) in [4.78, 5) is 76.0. The lowest BCUT2D eigenvalue weighted by Crippen LogP contribution is -2.43. The molecule has 41 heavy (non-hydrogen) atoms. The monoisotopic (exact) mass is 585 g/mol. The standard InChI is InChI=1S/2C9H17NO2.C7H13NO2.C6H12O/c2*1-6(7(2)11)10-8(12)9(3,4)5;1-5(9)8-6(10)7(2,3)4;1-5(7)6(2,3)4/h2*6H,1-5H3,(H,10,12);1-4H3,(H,8,9,10);1-4H3/t2*6-;;/m10../s1. The zero-order chi connectivity index (χ0) is 34.3. The average molecular weight is 586 g/mol. The minimum absolute atomic E-state index is 0.0207. The van der Waals surface area contributed by atoms with Crippen LogP contribution in [-0.4, -0.2) is 53.1 Å². The van der Waals surface area contributed by atoms with Crippen molar-refractivity contribution in [3.63, 3.8) is 0 Å².